The molecule has 2 unspecified atom stereocenters. The van der Waals surface area contributed by atoms with Crippen LogP contribution in [0.4, 0.5) is 0 Å². The van der Waals surface area contributed by atoms with Gasteiger partial charge in [-0.3, -0.25) is 4.79 Å². The van der Waals surface area contributed by atoms with Crippen molar-refractivity contribution in [1.82, 2.24) is 4.90 Å². The molecule has 0 aromatic carbocycles. The maximum absolute atomic E-state index is 12.7. The lowest BCUT2D eigenvalue weighted by Crippen LogP contribution is -2.48. The van der Waals surface area contributed by atoms with Crippen molar-refractivity contribution in [3.8, 4) is 0 Å². The Morgan fingerprint density at radius 2 is 1.65 bits per heavy atom. The molecule has 2 saturated heterocycles. The lowest BCUT2D eigenvalue weighted by molar-refractivity contribution is -0.141. The standard InChI is InChI=1S/C14H24N2O/c15-9-10-3-1-6-13(10)14(17)16-11-4-2-5-12(16)8-7-11/h10-13H,1-9,15H2/t10-,11?,12?,13-/m1/s1. The Bertz CT molecular complexity index is 289. The maximum atomic E-state index is 12.7. The largest absolute Gasteiger partial charge is 0.336 e. The number of carbonyl (C=O) groups is 1. The molecule has 0 radical (unpaired) electrons. The molecule has 3 fully saturated rings. The molecule has 0 aromatic heterocycles. The van der Waals surface area contributed by atoms with Gasteiger partial charge in [0.25, 0.3) is 0 Å². The lowest BCUT2D eigenvalue weighted by Gasteiger charge is -2.37. The van der Waals surface area contributed by atoms with Crippen molar-refractivity contribution in [3.63, 3.8) is 0 Å². The zero-order valence-electron chi connectivity index (χ0n) is 10.6. The second-order valence-electron chi connectivity index (χ2n) is 6.09. The molecule has 2 heterocycles. The fourth-order valence-electron chi connectivity index (χ4n) is 4.31. The summed E-state index contributed by atoms with van der Waals surface area (Å²) >= 11 is 0. The number of piperidine rings is 1. The minimum absolute atomic E-state index is 0.251. The Labute approximate surface area is 104 Å². The van der Waals surface area contributed by atoms with E-state index in [4.69, 9.17) is 5.73 Å². The molecule has 3 rings (SSSR count). The van der Waals surface area contributed by atoms with Gasteiger partial charge in [-0.1, -0.05) is 6.42 Å². The normalized spacial score (nSPS) is 40.9. The van der Waals surface area contributed by atoms with Gasteiger partial charge in [-0.2, -0.15) is 0 Å². The molecule has 1 amide bonds. The van der Waals surface area contributed by atoms with Gasteiger partial charge in [0, 0.05) is 18.0 Å². The molecule has 1 saturated carbocycles. The summed E-state index contributed by atoms with van der Waals surface area (Å²) < 4.78 is 0. The first kappa shape index (κ1) is 11.5. The molecule has 3 aliphatic rings. The molecule has 3 heteroatoms. The van der Waals surface area contributed by atoms with E-state index in [1.54, 1.807) is 0 Å². The third kappa shape index (κ3) is 1.88. The minimum atomic E-state index is 0.251. The second kappa shape index (κ2) is 4.60. The highest BCUT2D eigenvalue weighted by Gasteiger charge is 2.44. The molecule has 2 aliphatic heterocycles. The van der Waals surface area contributed by atoms with E-state index in [1.165, 1.54) is 38.5 Å². The third-order valence-corrected chi connectivity index (χ3v) is 5.23. The van der Waals surface area contributed by atoms with Crippen LogP contribution >= 0.6 is 0 Å². The predicted octanol–water partition coefficient (Wildman–Crippen LogP) is 1.90. The van der Waals surface area contributed by atoms with Crippen molar-refractivity contribution >= 4 is 5.91 Å². The summed E-state index contributed by atoms with van der Waals surface area (Å²) in [4.78, 5) is 15.0. The summed E-state index contributed by atoms with van der Waals surface area (Å²) in [5.41, 5.74) is 5.81. The van der Waals surface area contributed by atoms with E-state index < -0.39 is 0 Å². The van der Waals surface area contributed by atoms with E-state index in [0.717, 1.165) is 12.8 Å². The molecule has 0 spiro atoms. The molecule has 0 aromatic rings. The van der Waals surface area contributed by atoms with E-state index in [0.29, 0.717) is 30.5 Å². The fourth-order valence-corrected chi connectivity index (χ4v) is 4.31. The predicted molar refractivity (Wildman–Crippen MR) is 67.4 cm³/mol. The Morgan fingerprint density at radius 3 is 2.29 bits per heavy atom. The van der Waals surface area contributed by atoms with Gasteiger partial charge in [0.15, 0.2) is 0 Å². The van der Waals surface area contributed by atoms with E-state index in [9.17, 15) is 4.79 Å². The smallest absolute Gasteiger partial charge is 0.226 e. The number of hydrogen-bond donors (Lipinski definition) is 1. The maximum Gasteiger partial charge on any atom is 0.226 e. The average Bonchev–Trinajstić information content (AvgIpc) is 2.91. The fraction of sp³-hybridized carbons (Fsp3) is 0.929. The Kier molecular flexibility index (Phi) is 3.12. The molecule has 1 aliphatic carbocycles. The van der Waals surface area contributed by atoms with Gasteiger partial charge in [0.2, 0.25) is 5.91 Å². The van der Waals surface area contributed by atoms with Crippen LogP contribution in [0.25, 0.3) is 0 Å². The Morgan fingerprint density at radius 1 is 1.00 bits per heavy atom. The van der Waals surface area contributed by atoms with Gasteiger partial charge in [0.1, 0.15) is 0 Å². The van der Waals surface area contributed by atoms with Crippen molar-refractivity contribution in [3.05, 3.63) is 0 Å². The van der Waals surface area contributed by atoms with E-state index in [2.05, 4.69) is 4.90 Å². The summed E-state index contributed by atoms with van der Waals surface area (Å²) in [5.74, 6) is 1.16. The number of hydrogen-bond acceptors (Lipinski definition) is 2. The molecule has 17 heavy (non-hydrogen) atoms. The van der Waals surface area contributed by atoms with Crippen LogP contribution in [0, 0.1) is 11.8 Å². The topological polar surface area (TPSA) is 46.3 Å². The lowest BCUT2D eigenvalue weighted by atomic mass is 9.92. The van der Waals surface area contributed by atoms with Crippen LogP contribution in [-0.4, -0.2) is 29.4 Å². The first-order valence-corrected chi connectivity index (χ1v) is 7.33. The molecule has 3 nitrogen and oxygen atoms in total. The highest BCUT2D eigenvalue weighted by molar-refractivity contribution is 5.80. The Balaban J connectivity index is 1.73. The first-order valence-electron chi connectivity index (χ1n) is 7.33. The van der Waals surface area contributed by atoms with E-state index in [-0.39, 0.29) is 5.92 Å². The van der Waals surface area contributed by atoms with Crippen LogP contribution in [0.2, 0.25) is 0 Å². The van der Waals surface area contributed by atoms with Gasteiger partial charge in [-0.05, 0) is 57.4 Å². The highest BCUT2D eigenvalue weighted by atomic mass is 16.2. The van der Waals surface area contributed by atoms with Gasteiger partial charge in [0.05, 0.1) is 0 Å². The van der Waals surface area contributed by atoms with Crippen LogP contribution in [0.3, 0.4) is 0 Å². The number of nitrogens with two attached hydrogens (primary N) is 1. The number of nitrogens with zero attached hydrogens (tertiary/aromatic N) is 1. The summed E-state index contributed by atoms with van der Waals surface area (Å²) in [6, 6.07) is 1.14. The SMILES string of the molecule is NC[C@H]1CCC[C@H]1C(=O)N1C2CCCC1CC2. The molecule has 2 bridgehead atoms. The number of rotatable bonds is 2. The number of amides is 1. The zero-order chi connectivity index (χ0) is 11.8. The van der Waals surface area contributed by atoms with Gasteiger partial charge < -0.3 is 10.6 Å². The molecular weight excluding hydrogens is 212 g/mol. The Hall–Kier alpha value is -0.570. The molecule has 2 N–H and O–H groups in total. The number of carbonyl (C=O) groups excluding carboxylic acids is 1. The van der Waals surface area contributed by atoms with Crippen molar-refractivity contribution in [2.24, 2.45) is 17.6 Å². The monoisotopic (exact) mass is 236 g/mol. The van der Waals surface area contributed by atoms with Crippen LogP contribution in [0.15, 0.2) is 0 Å². The van der Waals surface area contributed by atoms with Gasteiger partial charge in [-0.15, -0.1) is 0 Å². The summed E-state index contributed by atoms with van der Waals surface area (Å²) in [6.07, 6.45) is 9.73. The minimum Gasteiger partial charge on any atom is -0.336 e. The van der Waals surface area contributed by atoms with Gasteiger partial charge in [-0.25, -0.2) is 0 Å². The molecule has 4 atom stereocenters. The van der Waals surface area contributed by atoms with Crippen molar-refractivity contribution in [1.29, 1.82) is 0 Å². The second-order valence-corrected chi connectivity index (χ2v) is 6.09. The van der Waals surface area contributed by atoms with E-state index >= 15 is 0 Å². The molecule has 96 valence electrons. The number of fused-ring (bicyclic) bond motifs is 2. The van der Waals surface area contributed by atoms with Crippen molar-refractivity contribution in [2.45, 2.75) is 63.5 Å². The quantitative estimate of drug-likeness (QED) is 0.796. The van der Waals surface area contributed by atoms with Gasteiger partial charge >= 0.3 is 0 Å². The highest BCUT2D eigenvalue weighted by Crippen LogP contribution is 2.40. The molecular formula is C14H24N2O. The van der Waals surface area contributed by atoms with Crippen LogP contribution < -0.4 is 5.73 Å². The summed E-state index contributed by atoms with van der Waals surface area (Å²) in [5, 5.41) is 0. The summed E-state index contributed by atoms with van der Waals surface area (Å²) in [6.45, 7) is 0.694. The van der Waals surface area contributed by atoms with Crippen LogP contribution in [0.1, 0.15) is 51.4 Å². The van der Waals surface area contributed by atoms with Crippen LogP contribution in [0.5, 0.6) is 0 Å². The zero-order valence-corrected chi connectivity index (χ0v) is 10.6. The average molecular weight is 236 g/mol. The van der Waals surface area contributed by atoms with E-state index in [1.807, 2.05) is 0 Å². The van der Waals surface area contributed by atoms with Crippen molar-refractivity contribution in [2.75, 3.05) is 6.54 Å². The summed E-state index contributed by atoms with van der Waals surface area (Å²) in [7, 11) is 0. The van der Waals surface area contributed by atoms with Crippen molar-refractivity contribution < 1.29 is 4.79 Å². The third-order valence-electron chi connectivity index (χ3n) is 5.23. The first-order chi connectivity index (χ1) is 8.31. The van der Waals surface area contributed by atoms with Crippen LogP contribution in [-0.2, 0) is 4.79 Å².